The first-order valence-electron chi connectivity index (χ1n) is 9.43. The normalized spacial score (nSPS) is 14.7. The molecule has 0 aliphatic carbocycles. The minimum absolute atomic E-state index is 0.0380. The number of thiazole rings is 1. The van der Waals surface area contributed by atoms with Gasteiger partial charge in [-0.1, -0.05) is 25.2 Å². The highest BCUT2D eigenvalue weighted by Gasteiger charge is 2.25. The van der Waals surface area contributed by atoms with Gasteiger partial charge in [0.2, 0.25) is 0 Å². The van der Waals surface area contributed by atoms with Crippen molar-refractivity contribution < 1.29 is 14.3 Å². The number of carbonyl (C=O) groups is 1. The fourth-order valence-electron chi connectivity index (χ4n) is 3.27. The number of hydrogen-bond acceptors (Lipinski definition) is 6. The third-order valence-corrected chi connectivity index (χ3v) is 6.18. The Bertz CT molecular complexity index is 742. The zero-order valence-electron chi connectivity index (χ0n) is 16.4. The van der Waals surface area contributed by atoms with E-state index in [1.165, 1.54) is 0 Å². The second-order valence-corrected chi connectivity index (χ2v) is 7.56. The van der Waals surface area contributed by atoms with Gasteiger partial charge in [-0.05, 0) is 25.0 Å². The molecule has 0 radical (unpaired) electrons. The molecule has 1 aromatic heterocycles. The van der Waals surface area contributed by atoms with Crippen LogP contribution < -0.4 is 19.7 Å². The summed E-state index contributed by atoms with van der Waals surface area (Å²) in [7, 11) is 3.31. The third kappa shape index (κ3) is 4.05. The average Bonchev–Trinajstić information content (AvgIpc) is 3.16. The number of fused-ring (bicyclic) bond motifs is 1. The van der Waals surface area contributed by atoms with E-state index in [0.717, 1.165) is 52.8 Å². The fourth-order valence-corrected chi connectivity index (χ4v) is 4.40. The summed E-state index contributed by atoms with van der Waals surface area (Å²) in [5.74, 6) is 1.55. The van der Waals surface area contributed by atoms with Crippen molar-refractivity contribution in [2.24, 2.45) is 0 Å². The summed E-state index contributed by atoms with van der Waals surface area (Å²) in [5.41, 5.74) is 0.825. The molecule has 8 heteroatoms. The van der Waals surface area contributed by atoms with Gasteiger partial charge < -0.3 is 24.6 Å². The van der Waals surface area contributed by atoms with Crippen LogP contribution in [-0.2, 0) is 0 Å². The van der Waals surface area contributed by atoms with Crippen LogP contribution in [0, 0.1) is 0 Å². The minimum atomic E-state index is 0.0380. The van der Waals surface area contributed by atoms with Gasteiger partial charge in [-0.15, -0.1) is 0 Å². The molecule has 1 saturated heterocycles. The van der Waals surface area contributed by atoms with Crippen LogP contribution in [0.25, 0.3) is 10.2 Å². The van der Waals surface area contributed by atoms with Crippen LogP contribution in [0.2, 0.25) is 0 Å². The number of urea groups is 1. The van der Waals surface area contributed by atoms with Gasteiger partial charge in [0.25, 0.3) is 0 Å². The molecule has 1 aromatic carbocycles. The zero-order chi connectivity index (χ0) is 19.4. The van der Waals surface area contributed by atoms with Gasteiger partial charge in [-0.25, -0.2) is 9.78 Å². The molecule has 1 aliphatic heterocycles. The number of piperazine rings is 1. The van der Waals surface area contributed by atoms with Crippen molar-refractivity contribution in [3.63, 3.8) is 0 Å². The molecule has 0 atom stereocenters. The second kappa shape index (κ2) is 8.65. The molecule has 2 aromatic rings. The lowest BCUT2D eigenvalue weighted by molar-refractivity contribution is 0.189. The first-order valence-corrected chi connectivity index (χ1v) is 10.2. The maximum atomic E-state index is 12.4. The van der Waals surface area contributed by atoms with Gasteiger partial charge in [-0.2, -0.15) is 0 Å². The van der Waals surface area contributed by atoms with E-state index in [1.54, 1.807) is 25.6 Å². The number of nitrogens with zero attached hydrogens (tertiary/aromatic N) is 3. The Morgan fingerprint density at radius 3 is 2.37 bits per heavy atom. The Kier molecular flexibility index (Phi) is 6.26. The molecular weight excluding hydrogens is 364 g/mol. The minimum Gasteiger partial charge on any atom is -0.495 e. The third-order valence-electron chi connectivity index (χ3n) is 5.05. The molecule has 0 spiro atoms. The molecule has 148 valence electrons. The Hall–Kier alpha value is -2.22. The van der Waals surface area contributed by atoms with Gasteiger partial charge in [-0.3, -0.25) is 0 Å². The van der Waals surface area contributed by atoms with E-state index in [1.807, 2.05) is 17.0 Å². The summed E-state index contributed by atoms with van der Waals surface area (Å²) in [6, 6.07) is 4.07. The zero-order valence-corrected chi connectivity index (χ0v) is 17.3. The lowest BCUT2D eigenvalue weighted by atomic mass is 10.2. The predicted molar refractivity (Wildman–Crippen MR) is 109 cm³/mol. The highest BCUT2D eigenvalue weighted by molar-refractivity contribution is 7.22. The SMILES string of the molecule is CCC(CC)NC(=O)N1CCN(c2nc3c(OC)ccc(OC)c3s2)CC1. The van der Waals surface area contributed by atoms with E-state index in [9.17, 15) is 4.79 Å². The van der Waals surface area contributed by atoms with E-state index in [-0.39, 0.29) is 12.1 Å². The molecule has 27 heavy (non-hydrogen) atoms. The maximum Gasteiger partial charge on any atom is 0.317 e. The van der Waals surface area contributed by atoms with Crippen LogP contribution in [0.4, 0.5) is 9.93 Å². The Morgan fingerprint density at radius 1 is 1.15 bits per heavy atom. The van der Waals surface area contributed by atoms with Crippen molar-refractivity contribution in [1.29, 1.82) is 0 Å². The van der Waals surface area contributed by atoms with Crippen LogP contribution >= 0.6 is 11.3 Å². The molecule has 2 amide bonds. The van der Waals surface area contributed by atoms with E-state index in [0.29, 0.717) is 13.1 Å². The monoisotopic (exact) mass is 392 g/mol. The van der Waals surface area contributed by atoms with Crippen LogP contribution in [0.15, 0.2) is 12.1 Å². The summed E-state index contributed by atoms with van der Waals surface area (Å²) in [4.78, 5) is 21.3. The van der Waals surface area contributed by atoms with Crippen LogP contribution in [0.1, 0.15) is 26.7 Å². The number of benzene rings is 1. The van der Waals surface area contributed by atoms with Crippen molar-refractivity contribution in [2.45, 2.75) is 32.7 Å². The molecule has 1 aliphatic rings. The molecule has 2 heterocycles. The molecule has 1 N–H and O–H groups in total. The quantitative estimate of drug-likeness (QED) is 0.817. The first-order chi connectivity index (χ1) is 13.1. The summed E-state index contributed by atoms with van der Waals surface area (Å²) < 4.78 is 11.9. The summed E-state index contributed by atoms with van der Waals surface area (Å²) in [5, 5.41) is 4.05. The lowest BCUT2D eigenvalue weighted by Gasteiger charge is -2.35. The highest BCUT2D eigenvalue weighted by Crippen LogP contribution is 2.40. The molecule has 0 unspecified atom stereocenters. The molecule has 0 bridgehead atoms. The van der Waals surface area contributed by atoms with E-state index in [2.05, 4.69) is 24.1 Å². The Labute approximate surface area is 164 Å². The maximum absolute atomic E-state index is 12.4. The number of methoxy groups -OCH3 is 2. The topological polar surface area (TPSA) is 66.9 Å². The van der Waals surface area contributed by atoms with Gasteiger partial charge >= 0.3 is 6.03 Å². The van der Waals surface area contributed by atoms with Crippen molar-refractivity contribution in [1.82, 2.24) is 15.2 Å². The van der Waals surface area contributed by atoms with Crippen LogP contribution in [0.3, 0.4) is 0 Å². The first kappa shape index (κ1) is 19.5. The van der Waals surface area contributed by atoms with Gasteiger partial charge in [0.05, 0.1) is 14.2 Å². The lowest BCUT2D eigenvalue weighted by Crippen LogP contribution is -2.53. The van der Waals surface area contributed by atoms with Crippen molar-refractivity contribution >= 4 is 32.7 Å². The highest BCUT2D eigenvalue weighted by atomic mass is 32.1. The molecule has 0 saturated carbocycles. The fraction of sp³-hybridized carbons (Fsp3) is 0.579. The number of anilines is 1. The number of ether oxygens (including phenoxy) is 2. The van der Waals surface area contributed by atoms with Crippen molar-refractivity contribution in [3.05, 3.63) is 12.1 Å². The van der Waals surface area contributed by atoms with Crippen molar-refractivity contribution in [3.8, 4) is 11.5 Å². The molecule has 3 rings (SSSR count). The predicted octanol–water partition coefficient (Wildman–Crippen LogP) is 3.33. The molecule has 1 fully saturated rings. The smallest absolute Gasteiger partial charge is 0.317 e. The van der Waals surface area contributed by atoms with Gasteiger partial charge in [0, 0.05) is 32.2 Å². The standard InChI is InChI=1S/C19H28N4O3S/c1-5-13(6-2)20-18(24)22-9-11-23(12-10-22)19-21-16-14(25-3)7-8-15(26-4)17(16)27-19/h7-8,13H,5-6,9-12H2,1-4H3,(H,20,24). The van der Waals surface area contributed by atoms with Crippen molar-refractivity contribution in [2.75, 3.05) is 45.3 Å². The number of rotatable bonds is 6. The molecular formula is C19H28N4O3S. The Balaban J connectivity index is 1.70. The summed E-state index contributed by atoms with van der Waals surface area (Å²) >= 11 is 1.60. The van der Waals surface area contributed by atoms with Crippen LogP contribution in [0.5, 0.6) is 11.5 Å². The largest absolute Gasteiger partial charge is 0.495 e. The van der Waals surface area contributed by atoms with Gasteiger partial charge in [0.15, 0.2) is 5.13 Å². The number of carbonyl (C=O) groups excluding carboxylic acids is 1. The number of hydrogen-bond donors (Lipinski definition) is 1. The summed E-state index contributed by atoms with van der Waals surface area (Å²) in [6.45, 7) is 7.11. The summed E-state index contributed by atoms with van der Waals surface area (Å²) in [6.07, 6.45) is 1.91. The second-order valence-electron chi connectivity index (χ2n) is 6.58. The Morgan fingerprint density at radius 2 is 1.78 bits per heavy atom. The molecule has 7 nitrogen and oxygen atoms in total. The number of aromatic nitrogens is 1. The number of amides is 2. The van der Waals surface area contributed by atoms with Crippen LogP contribution in [-0.4, -0.2) is 62.4 Å². The van der Waals surface area contributed by atoms with E-state index >= 15 is 0 Å². The van der Waals surface area contributed by atoms with E-state index in [4.69, 9.17) is 14.5 Å². The van der Waals surface area contributed by atoms with E-state index < -0.39 is 0 Å². The van der Waals surface area contributed by atoms with Gasteiger partial charge in [0.1, 0.15) is 21.7 Å². The average molecular weight is 393 g/mol. The number of nitrogens with one attached hydrogen (secondary N) is 1.